The third-order valence-corrected chi connectivity index (χ3v) is 8.42. The highest BCUT2D eigenvalue weighted by Crippen LogP contribution is 2.34. The molecule has 2 aromatic heterocycles. The Morgan fingerprint density at radius 2 is 1.87 bits per heavy atom. The van der Waals surface area contributed by atoms with Crippen molar-refractivity contribution in [3.8, 4) is 0 Å². The summed E-state index contributed by atoms with van der Waals surface area (Å²) in [6, 6.07) is 4.33. The van der Waals surface area contributed by atoms with E-state index < -0.39 is 5.54 Å². The minimum atomic E-state index is -0.869. The van der Waals surface area contributed by atoms with Gasteiger partial charge in [0.1, 0.15) is 11.2 Å². The normalized spacial score (nSPS) is 25.7. The smallest absolute Gasteiger partial charge is 0.271 e. The van der Waals surface area contributed by atoms with Gasteiger partial charge in [0.25, 0.3) is 5.91 Å². The highest BCUT2D eigenvalue weighted by molar-refractivity contribution is 7.17. The molecule has 2 aromatic rings. The fraction of sp³-hybridized carbons (Fsp3) is 0.667. The van der Waals surface area contributed by atoms with Crippen molar-refractivity contribution in [2.45, 2.75) is 76.4 Å². The van der Waals surface area contributed by atoms with E-state index >= 15 is 0 Å². The first-order chi connectivity index (χ1) is 15.1. The molecule has 1 aliphatic carbocycles. The van der Waals surface area contributed by atoms with Crippen molar-refractivity contribution in [2.75, 3.05) is 26.2 Å². The van der Waals surface area contributed by atoms with E-state index in [1.165, 1.54) is 38.5 Å². The van der Waals surface area contributed by atoms with Gasteiger partial charge in [0.05, 0.1) is 16.8 Å². The lowest BCUT2D eigenvalue weighted by atomic mass is 9.94. The van der Waals surface area contributed by atoms with Gasteiger partial charge < -0.3 is 19.7 Å². The molecule has 6 nitrogen and oxygen atoms in total. The third kappa shape index (κ3) is 3.91. The second-order valence-corrected chi connectivity index (χ2v) is 10.7. The number of nitrogens with zero attached hydrogens (tertiary/aromatic N) is 3. The van der Waals surface area contributed by atoms with Gasteiger partial charge >= 0.3 is 0 Å². The summed E-state index contributed by atoms with van der Waals surface area (Å²) in [5, 5.41) is 5.35. The Morgan fingerprint density at radius 3 is 2.61 bits per heavy atom. The number of amides is 2. The monoisotopic (exact) mass is 442 g/mol. The largest absolute Gasteiger partial charge is 0.351 e. The van der Waals surface area contributed by atoms with Gasteiger partial charge in [-0.2, -0.15) is 0 Å². The second kappa shape index (κ2) is 8.58. The SMILES string of the molecule is CC1(C(=O)NC2CCCC2)Cn2c(cc3sccc32)C(=O)N1CCN1CCCCCC1. The molecule has 0 radical (unpaired) electrons. The molecule has 7 heteroatoms. The Kier molecular flexibility index (Phi) is 5.82. The summed E-state index contributed by atoms with van der Waals surface area (Å²) in [6.45, 7) is 6.13. The van der Waals surface area contributed by atoms with Crippen LogP contribution in [-0.2, 0) is 11.3 Å². The number of hydrogen-bond acceptors (Lipinski definition) is 4. The molecule has 1 N–H and O–H groups in total. The van der Waals surface area contributed by atoms with E-state index in [-0.39, 0.29) is 17.9 Å². The van der Waals surface area contributed by atoms with Gasteiger partial charge in [-0.15, -0.1) is 11.3 Å². The van der Waals surface area contributed by atoms with Crippen LogP contribution in [0.2, 0.25) is 0 Å². The molecule has 168 valence electrons. The Morgan fingerprint density at radius 1 is 1.13 bits per heavy atom. The van der Waals surface area contributed by atoms with E-state index in [4.69, 9.17) is 0 Å². The number of hydrogen-bond donors (Lipinski definition) is 1. The number of aromatic nitrogens is 1. The molecule has 1 saturated heterocycles. The summed E-state index contributed by atoms with van der Waals surface area (Å²) in [7, 11) is 0. The third-order valence-electron chi connectivity index (χ3n) is 7.57. The minimum Gasteiger partial charge on any atom is -0.351 e. The van der Waals surface area contributed by atoms with Crippen molar-refractivity contribution in [2.24, 2.45) is 0 Å². The second-order valence-electron chi connectivity index (χ2n) is 9.73. The van der Waals surface area contributed by atoms with Gasteiger partial charge in [0.2, 0.25) is 5.91 Å². The predicted octanol–water partition coefficient (Wildman–Crippen LogP) is 3.85. The van der Waals surface area contributed by atoms with Crippen molar-refractivity contribution >= 4 is 33.4 Å². The maximum Gasteiger partial charge on any atom is 0.271 e. The van der Waals surface area contributed by atoms with Gasteiger partial charge in [-0.1, -0.05) is 25.7 Å². The maximum absolute atomic E-state index is 13.7. The Hall–Kier alpha value is -1.86. The molecule has 2 aliphatic heterocycles. The highest BCUT2D eigenvalue weighted by atomic mass is 32.1. The lowest BCUT2D eigenvalue weighted by molar-refractivity contribution is -0.133. The lowest BCUT2D eigenvalue weighted by Gasteiger charge is -2.45. The van der Waals surface area contributed by atoms with E-state index in [1.807, 2.05) is 17.9 Å². The van der Waals surface area contributed by atoms with Gasteiger partial charge in [-0.25, -0.2) is 0 Å². The highest BCUT2D eigenvalue weighted by Gasteiger charge is 2.48. The van der Waals surface area contributed by atoms with E-state index in [0.29, 0.717) is 13.1 Å². The molecule has 31 heavy (non-hydrogen) atoms. The molecular formula is C24H34N4O2S. The number of carbonyl (C=O) groups is 2. The van der Waals surface area contributed by atoms with Crippen LogP contribution in [0.5, 0.6) is 0 Å². The standard InChI is InChI=1S/C24H34N4O2S/c1-24(23(30)25-18-8-4-5-9-18)17-27-19-10-15-31-21(19)16-20(27)22(29)28(24)14-13-26-11-6-2-3-7-12-26/h10,15-16,18H,2-9,11-14,17H2,1H3,(H,25,30). The van der Waals surface area contributed by atoms with Gasteiger partial charge in [0.15, 0.2) is 0 Å². The van der Waals surface area contributed by atoms with Crippen molar-refractivity contribution < 1.29 is 9.59 Å². The summed E-state index contributed by atoms with van der Waals surface area (Å²) in [5.41, 5.74) is 0.927. The Labute approximate surface area is 188 Å². The van der Waals surface area contributed by atoms with E-state index in [2.05, 4.69) is 26.2 Å². The summed E-state index contributed by atoms with van der Waals surface area (Å²) in [4.78, 5) is 31.7. The van der Waals surface area contributed by atoms with Crippen molar-refractivity contribution in [1.82, 2.24) is 19.7 Å². The molecule has 0 bridgehead atoms. The maximum atomic E-state index is 13.7. The van der Waals surface area contributed by atoms with Crippen molar-refractivity contribution in [3.63, 3.8) is 0 Å². The molecule has 0 spiro atoms. The molecule has 4 heterocycles. The van der Waals surface area contributed by atoms with Gasteiger partial charge in [-0.05, 0) is 63.2 Å². The number of likely N-dealkylation sites (tertiary alicyclic amines) is 1. The quantitative estimate of drug-likeness (QED) is 0.765. The van der Waals surface area contributed by atoms with Gasteiger partial charge in [-0.3, -0.25) is 9.59 Å². The zero-order chi connectivity index (χ0) is 21.4. The Balaban J connectivity index is 1.43. The van der Waals surface area contributed by atoms with Crippen LogP contribution in [0.4, 0.5) is 0 Å². The number of carbonyl (C=O) groups excluding carboxylic acids is 2. The van der Waals surface area contributed by atoms with Gasteiger partial charge in [0, 0.05) is 19.1 Å². The summed E-state index contributed by atoms with van der Waals surface area (Å²) in [6.07, 6.45) is 9.50. The lowest BCUT2D eigenvalue weighted by Crippen LogP contribution is -2.65. The van der Waals surface area contributed by atoms with Crippen molar-refractivity contribution in [3.05, 3.63) is 23.2 Å². The van der Waals surface area contributed by atoms with Crippen LogP contribution in [0, 0.1) is 0 Å². The fourth-order valence-corrected chi connectivity index (χ4v) is 6.46. The first-order valence-electron chi connectivity index (χ1n) is 12.0. The first-order valence-corrected chi connectivity index (χ1v) is 12.9. The van der Waals surface area contributed by atoms with Crippen LogP contribution in [0.25, 0.3) is 10.2 Å². The Bertz CT molecular complexity index is 952. The van der Waals surface area contributed by atoms with Crippen LogP contribution >= 0.6 is 11.3 Å². The predicted molar refractivity (Wildman–Crippen MR) is 125 cm³/mol. The van der Waals surface area contributed by atoms with Crippen LogP contribution in [0.15, 0.2) is 17.5 Å². The van der Waals surface area contributed by atoms with Crippen LogP contribution in [0.3, 0.4) is 0 Å². The molecule has 1 atom stereocenters. The number of thiophene rings is 1. The zero-order valence-corrected chi connectivity index (χ0v) is 19.4. The number of nitrogens with one attached hydrogen (secondary N) is 1. The first kappa shape index (κ1) is 21.0. The van der Waals surface area contributed by atoms with Crippen molar-refractivity contribution in [1.29, 1.82) is 0 Å². The summed E-state index contributed by atoms with van der Waals surface area (Å²) < 4.78 is 3.20. The molecule has 0 aromatic carbocycles. The van der Waals surface area contributed by atoms with E-state index in [1.54, 1.807) is 11.3 Å². The minimum absolute atomic E-state index is 0.00588. The molecule has 2 fully saturated rings. The van der Waals surface area contributed by atoms with E-state index in [0.717, 1.165) is 48.4 Å². The van der Waals surface area contributed by atoms with Crippen LogP contribution in [-0.4, -0.2) is 63.9 Å². The average molecular weight is 443 g/mol. The molecular weight excluding hydrogens is 408 g/mol. The zero-order valence-electron chi connectivity index (χ0n) is 18.6. The van der Waals surface area contributed by atoms with Crippen LogP contribution in [0.1, 0.15) is 68.8 Å². The summed E-state index contributed by atoms with van der Waals surface area (Å²) in [5.74, 6) is -0.000102. The van der Waals surface area contributed by atoms with E-state index in [9.17, 15) is 9.59 Å². The molecule has 1 unspecified atom stereocenters. The fourth-order valence-electron chi connectivity index (χ4n) is 5.64. The number of fused-ring (bicyclic) bond motifs is 3. The molecule has 1 saturated carbocycles. The summed E-state index contributed by atoms with van der Waals surface area (Å²) >= 11 is 1.66. The van der Waals surface area contributed by atoms with Crippen LogP contribution < -0.4 is 5.32 Å². The topological polar surface area (TPSA) is 57.6 Å². The average Bonchev–Trinajstić information content (AvgIpc) is 3.44. The molecule has 5 rings (SSSR count). The number of rotatable bonds is 5. The molecule has 3 aliphatic rings. The molecule has 2 amide bonds.